The average molecular weight is 289 g/mol. The van der Waals surface area contributed by atoms with Gasteiger partial charge in [-0.3, -0.25) is 4.90 Å². The fraction of sp³-hybridized carbons (Fsp3) is 0.588. The Morgan fingerprint density at radius 1 is 1.24 bits per heavy atom. The van der Waals surface area contributed by atoms with Crippen molar-refractivity contribution in [2.24, 2.45) is 0 Å². The van der Waals surface area contributed by atoms with Crippen LogP contribution in [0, 0.1) is 0 Å². The van der Waals surface area contributed by atoms with Crippen LogP contribution in [-0.2, 0) is 11.3 Å². The maximum Gasteiger partial charge on any atom is 0.338 e. The van der Waals surface area contributed by atoms with Gasteiger partial charge in [0.1, 0.15) is 6.54 Å². The highest BCUT2D eigenvalue weighted by molar-refractivity contribution is 5.89. The fourth-order valence-electron chi connectivity index (χ4n) is 3.43. The quantitative estimate of drug-likeness (QED) is 0.626. The highest BCUT2D eigenvalue weighted by atomic mass is 16.5. The third-order valence-electron chi connectivity index (χ3n) is 4.70. The van der Waals surface area contributed by atoms with Gasteiger partial charge in [-0.15, -0.1) is 0 Å². The van der Waals surface area contributed by atoms with Gasteiger partial charge >= 0.3 is 5.97 Å². The van der Waals surface area contributed by atoms with Crippen molar-refractivity contribution in [1.82, 2.24) is 4.90 Å². The summed E-state index contributed by atoms with van der Waals surface area (Å²) in [5, 5.41) is 0. The second-order valence-electron chi connectivity index (χ2n) is 6.67. The van der Waals surface area contributed by atoms with Gasteiger partial charge in [-0.2, -0.15) is 0 Å². The Hall–Kier alpha value is -1.39. The molecule has 0 N–H and O–H groups in total. The number of piperazine rings is 3. The van der Waals surface area contributed by atoms with E-state index in [1.165, 1.54) is 49.3 Å². The lowest BCUT2D eigenvalue weighted by Gasteiger charge is -2.50. The van der Waals surface area contributed by atoms with Crippen LogP contribution in [0.15, 0.2) is 24.3 Å². The van der Waals surface area contributed by atoms with Crippen molar-refractivity contribution in [3.05, 3.63) is 35.4 Å². The summed E-state index contributed by atoms with van der Waals surface area (Å²) in [4.78, 5) is 14.6. The van der Waals surface area contributed by atoms with Crippen LogP contribution in [-0.4, -0.2) is 60.7 Å². The van der Waals surface area contributed by atoms with Crippen LogP contribution in [0.25, 0.3) is 0 Å². The SMILES string of the molecule is CC(C)OC(=O)c1cccc(C[N+]23CCN(CC2)CC3)c1. The number of nitrogens with zero attached hydrogens (tertiary/aromatic N) is 2. The summed E-state index contributed by atoms with van der Waals surface area (Å²) >= 11 is 0. The van der Waals surface area contributed by atoms with Crippen molar-refractivity contribution in [2.75, 3.05) is 39.3 Å². The smallest absolute Gasteiger partial charge is 0.338 e. The van der Waals surface area contributed by atoms with Gasteiger partial charge < -0.3 is 9.22 Å². The number of carbonyl (C=O) groups is 1. The molecule has 0 aliphatic carbocycles. The normalized spacial score (nSPS) is 27.9. The molecule has 0 atom stereocenters. The molecular weight excluding hydrogens is 264 g/mol. The van der Waals surface area contributed by atoms with Crippen molar-refractivity contribution in [3.8, 4) is 0 Å². The second-order valence-corrected chi connectivity index (χ2v) is 6.67. The molecule has 0 aromatic heterocycles. The molecule has 0 radical (unpaired) electrons. The Bertz CT molecular complexity index is 506. The topological polar surface area (TPSA) is 29.5 Å². The number of benzene rings is 1. The van der Waals surface area contributed by atoms with E-state index in [-0.39, 0.29) is 12.1 Å². The zero-order valence-electron chi connectivity index (χ0n) is 13.0. The third-order valence-corrected chi connectivity index (χ3v) is 4.70. The molecular formula is C17H25N2O2+. The first-order valence-electron chi connectivity index (χ1n) is 7.94. The van der Waals surface area contributed by atoms with E-state index in [1.54, 1.807) is 0 Å². The summed E-state index contributed by atoms with van der Waals surface area (Å²) < 4.78 is 6.47. The minimum absolute atomic E-state index is 0.0711. The molecule has 3 aliphatic heterocycles. The van der Waals surface area contributed by atoms with Crippen LogP contribution in [0.1, 0.15) is 29.8 Å². The molecule has 0 unspecified atom stereocenters. The van der Waals surface area contributed by atoms with Gasteiger partial charge in [-0.25, -0.2) is 4.79 Å². The Morgan fingerprint density at radius 2 is 1.90 bits per heavy atom. The first-order chi connectivity index (χ1) is 10.1. The number of hydrogen-bond donors (Lipinski definition) is 0. The van der Waals surface area contributed by atoms with Gasteiger partial charge in [0.2, 0.25) is 0 Å². The van der Waals surface area contributed by atoms with Crippen LogP contribution < -0.4 is 0 Å². The molecule has 3 aliphatic rings. The van der Waals surface area contributed by atoms with Crippen LogP contribution in [0.5, 0.6) is 0 Å². The van der Waals surface area contributed by atoms with Crippen molar-refractivity contribution < 1.29 is 14.0 Å². The van der Waals surface area contributed by atoms with Crippen molar-refractivity contribution in [1.29, 1.82) is 0 Å². The average Bonchev–Trinajstić information content (AvgIpc) is 2.48. The van der Waals surface area contributed by atoms with Gasteiger partial charge in [0.15, 0.2) is 0 Å². The lowest BCUT2D eigenvalue weighted by atomic mass is 10.1. The van der Waals surface area contributed by atoms with Gasteiger partial charge in [0, 0.05) is 25.2 Å². The number of quaternary nitrogens is 1. The van der Waals surface area contributed by atoms with Gasteiger partial charge in [0.05, 0.1) is 31.3 Å². The Balaban J connectivity index is 1.72. The van der Waals surface area contributed by atoms with Gasteiger partial charge in [-0.05, 0) is 26.0 Å². The summed E-state index contributed by atoms with van der Waals surface area (Å²) in [6.07, 6.45) is -0.0711. The van der Waals surface area contributed by atoms with Crippen LogP contribution in [0.3, 0.4) is 0 Å². The first kappa shape index (κ1) is 14.5. The molecule has 4 heteroatoms. The lowest BCUT2D eigenvalue weighted by molar-refractivity contribution is -0.953. The molecule has 21 heavy (non-hydrogen) atoms. The molecule has 4 rings (SSSR count). The van der Waals surface area contributed by atoms with E-state index in [9.17, 15) is 4.79 Å². The summed E-state index contributed by atoms with van der Waals surface area (Å²) in [6.45, 7) is 12.2. The molecule has 2 bridgehead atoms. The summed E-state index contributed by atoms with van der Waals surface area (Å²) in [6, 6.07) is 7.98. The van der Waals surface area contributed by atoms with Crippen molar-refractivity contribution in [2.45, 2.75) is 26.5 Å². The molecule has 0 spiro atoms. The molecule has 0 saturated carbocycles. The number of hydrogen-bond acceptors (Lipinski definition) is 3. The van der Waals surface area contributed by atoms with Crippen molar-refractivity contribution >= 4 is 5.97 Å². The highest BCUT2D eigenvalue weighted by Crippen LogP contribution is 2.23. The lowest BCUT2D eigenvalue weighted by Crippen LogP contribution is -2.66. The standard InChI is InChI=1S/C17H25N2O2/c1-14(2)21-17(20)16-5-3-4-15(12-16)13-19-9-6-18(7-10-19)8-11-19/h3-5,12,14H,6-11,13H2,1-2H3/q+1. The monoisotopic (exact) mass is 289 g/mol. The molecule has 4 nitrogen and oxygen atoms in total. The van der Waals surface area contributed by atoms with Gasteiger partial charge in [0.25, 0.3) is 0 Å². The molecule has 3 saturated heterocycles. The Kier molecular flexibility index (Phi) is 4.00. The molecule has 1 aromatic carbocycles. The van der Waals surface area contributed by atoms with E-state index in [2.05, 4.69) is 11.0 Å². The van der Waals surface area contributed by atoms with Crippen LogP contribution >= 0.6 is 0 Å². The zero-order chi connectivity index (χ0) is 14.9. The molecule has 3 fully saturated rings. The largest absolute Gasteiger partial charge is 0.459 e. The fourth-order valence-corrected chi connectivity index (χ4v) is 3.43. The number of carbonyl (C=O) groups excluding carboxylic acids is 1. The van der Waals surface area contributed by atoms with E-state index < -0.39 is 0 Å². The molecule has 1 aromatic rings. The zero-order valence-corrected chi connectivity index (χ0v) is 13.0. The predicted octanol–water partition coefficient (Wildman–Crippen LogP) is 1.90. The van der Waals surface area contributed by atoms with Crippen molar-refractivity contribution in [3.63, 3.8) is 0 Å². The van der Waals surface area contributed by atoms with E-state index >= 15 is 0 Å². The summed E-state index contributed by atoms with van der Waals surface area (Å²) in [7, 11) is 0. The number of rotatable bonds is 4. The Labute approximate surface area is 126 Å². The minimum Gasteiger partial charge on any atom is -0.459 e. The van der Waals surface area contributed by atoms with Crippen LogP contribution in [0.2, 0.25) is 0 Å². The van der Waals surface area contributed by atoms with E-state index in [0.717, 1.165) is 6.54 Å². The number of ether oxygens (including phenoxy) is 1. The Morgan fingerprint density at radius 3 is 2.52 bits per heavy atom. The second kappa shape index (κ2) is 5.78. The summed E-state index contributed by atoms with van der Waals surface area (Å²) in [5.74, 6) is -0.213. The maximum absolute atomic E-state index is 12.0. The number of fused-ring (bicyclic) bond motifs is 3. The minimum atomic E-state index is -0.213. The van der Waals surface area contributed by atoms with E-state index in [1.807, 2.05) is 32.0 Å². The van der Waals surface area contributed by atoms with Crippen LogP contribution in [0.4, 0.5) is 0 Å². The molecule has 3 heterocycles. The van der Waals surface area contributed by atoms with E-state index in [0.29, 0.717) is 5.56 Å². The third kappa shape index (κ3) is 3.27. The first-order valence-corrected chi connectivity index (χ1v) is 7.94. The maximum atomic E-state index is 12.0. The predicted molar refractivity (Wildman–Crippen MR) is 82.0 cm³/mol. The molecule has 114 valence electrons. The number of esters is 1. The van der Waals surface area contributed by atoms with Gasteiger partial charge in [-0.1, -0.05) is 12.1 Å². The highest BCUT2D eigenvalue weighted by Gasteiger charge is 2.38. The molecule has 0 amide bonds. The summed E-state index contributed by atoms with van der Waals surface area (Å²) in [5.41, 5.74) is 1.93. The van der Waals surface area contributed by atoms with E-state index in [4.69, 9.17) is 4.74 Å².